The first-order valence-electron chi connectivity index (χ1n) is 6.09. The van der Waals surface area contributed by atoms with Crippen molar-refractivity contribution >= 4 is 5.97 Å². The Balaban J connectivity index is 2.24. The number of carbonyl (C=O) groups is 1. The van der Waals surface area contributed by atoms with Crippen molar-refractivity contribution in [2.75, 3.05) is 26.2 Å². The molecule has 1 heterocycles. The first-order valence-corrected chi connectivity index (χ1v) is 6.09. The molecule has 94 valence electrons. The van der Waals surface area contributed by atoms with E-state index in [-0.39, 0.29) is 12.4 Å². The summed E-state index contributed by atoms with van der Waals surface area (Å²) >= 11 is 0. The van der Waals surface area contributed by atoms with E-state index in [0.717, 1.165) is 13.1 Å². The lowest BCUT2D eigenvalue weighted by atomic mass is 10.0. The summed E-state index contributed by atoms with van der Waals surface area (Å²) in [5, 5.41) is 9.74. The van der Waals surface area contributed by atoms with Gasteiger partial charge in [0, 0.05) is 19.6 Å². The third-order valence-corrected chi connectivity index (χ3v) is 3.24. The minimum atomic E-state index is -0.600. The summed E-state index contributed by atoms with van der Waals surface area (Å²) in [6, 6.07) is 0. The molecular weight excluding hydrogens is 206 g/mol. The van der Waals surface area contributed by atoms with Gasteiger partial charge in [0.15, 0.2) is 0 Å². The average Bonchev–Trinajstić information content (AvgIpc) is 2.45. The number of hydrogen-bond donors (Lipinski definition) is 1. The molecule has 0 radical (unpaired) electrons. The molecule has 1 fully saturated rings. The molecule has 0 aliphatic carbocycles. The van der Waals surface area contributed by atoms with E-state index in [1.54, 1.807) is 6.92 Å². The van der Waals surface area contributed by atoms with Crippen LogP contribution in [0.1, 0.15) is 27.2 Å². The molecule has 1 rings (SSSR count). The van der Waals surface area contributed by atoms with E-state index < -0.39 is 6.10 Å². The fraction of sp³-hybridized carbons (Fsp3) is 0.917. The summed E-state index contributed by atoms with van der Waals surface area (Å²) < 4.78 is 4.80. The number of likely N-dealkylation sites (tertiary alicyclic amines) is 1. The largest absolute Gasteiger partial charge is 0.466 e. The van der Waals surface area contributed by atoms with Crippen LogP contribution < -0.4 is 0 Å². The summed E-state index contributed by atoms with van der Waals surface area (Å²) in [5.74, 6) is 1.04. The molecule has 0 aromatic rings. The first kappa shape index (κ1) is 13.5. The quantitative estimate of drug-likeness (QED) is 0.711. The molecule has 0 aromatic carbocycles. The minimum absolute atomic E-state index is 0.104. The zero-order valence-electron chi connectivity index (χ0n) is 10.5. The number of ether oxygens (including phenoxy) is 1. The second kappa shape index (κ2) is 6.21. The SMILES string of the molecule is CCOC(=O)CC(O)CN1CC(C)C(C)C1. The number of aliphatic hydroxyl groups excluding tert-OH is 1. The Morgan fingerprint density at radius 3 is 2.50 bits per heavy atom. The maximum Gasteiger partial charge on any atom is 0.308 e. The van der Waals surface area contributed by atoms with Gasteiger partial charge in [0.25, 0.3) is 0 Å². The standard InChI is InChI=1S/C12H23NO3/c1-4-16-12(15)5-11(14)8-13-6-9(2)10(3)7-13/h9-11,14H,4-8H2,1-3H3. The fourth-order valence-corrected chi connectivity index (χ4v) is 2.17. The van der Waals surface area contributed by atoms with Crippen molar-refractivity contribution in [2.45, 2.75) is 33.3 Å². The topological polar surface area (TPSA) is 49.8 Å². The Hall–Kier alpha value is -0.610. The van der Waals surface area contributed by atoms with Crippen LogP contribution in [0.4, 0.5) is 0 Å². The van der Waals surface area contributed by atoms with Crippen LogP contribution in [0.2, 0.25) is 0 Å². The lowest BCUT2D eigenvalue weighted by Crippen LogP contribution is -2.32. The van der Waals surface area contributed by atoms with Gasteiger partial charge in [0.05, 0.1) is 19.1 Å². The van der Waals surface area contributed by atoms with Gasteiger partial charge in [-0.15, -0.1) is 0 Å². The van der Waals surface area contributed by atoms with Gasteiger partial charge in [-0.05, 0) is 18.8 Å². The second-order valence-corrected chi connectivity index (χ2v) is 4.84. The maximum atomic E-state index is 11.2. The number of aliphatic hydroxyl groups is 1. The number of hydrogen-bond acceptors (Lipinski definition) is 4. The molecule has 1 N–H and O–H groups in total. The predicted molar refractivity (Wildman–Crippen MR) is 62.0 cm³/mol. The fourth-order valence-electron chi connectivity index (χ4n) is 2.17. The molecule has 1 aliphatic rings. The molecule has 1 saturated heterocycles. The highest BCUT2D eigenvalue weighted by Gasteiger charge is 2.27. The van der Waals surface area contributed by atoms with E-state index in [4.69, 9.17) is 4.74 Å². The molecular formula is C12H23NO3. The van der Waals surface area contributed by atoms with Gasteiger partial charge in [-0.1, -0.05) is 13.8 Å². The summed E-state index contributed by atoms with van der Waals surface area (Å²) in [6.07, 6.45) is -0.496. The summed E-state index contributed by atoms with van der Waals surface area (Å²) in [6.45, 7) is 9.21. The van der Waals surface area contributed by atoms with Crippen molar-refractivity contribution in [3.05, 3.63) is 0 Å². The monoisotopic (exact) mass is 229 g/mol. The molecule has 3 atom stereocenters. The van der Waals surface area contributed by atoms with Gasteiger partial charge in [-0.3, -0.25) is 4.79 Å². The molecule has 16 heavy (non-hydrogen) atoms. The van der Waals surface area contributed by atoms with Gasteiger partial charge in [-0.25, -0.2) is 0 Å². The number of esters is 1. The van der Waals surface area contributed by atoms with E-state index in [1.165, 1.54) is 0 Å². The Morgan fingerprint density at radius 2 is 2.00 bits per heavy atom. The zero-order valence-corrected chi connectivity index (χ0v) is 10.5. The normalized spacial score (nSPS) is 28.0. The van der Waals surface area contributed by atoms with Gasteiger partial charge in [-0.2, -0.15) is 0 Å². The van der Waals surface area contributed by atoms with Crippen LogP contribution >= 0.6 is 0 Å². The van der Waals surface area contributed by atoms with Crippen LogP contribution in [-0.4, -0.2) is 48.3 Å². The van der Waals surface area contributed by atoms with Crippen LogP contribution in [0.25, 0.3) is 0 Å². The Bertz CT molecular complexity index is 222. The van der Waals surface area contributed by atoms with Crippen molar-refractivity contribution in [3.8, 4) is 0 Å². The van der Waals surface area contributed by atoms with E-state index in [2.05, 4.69) is 18.7 Å². The highest BCUT2D eigenvalue weighted by molar-refractivity contribution is 5.69. The minimum Gasteiger partial charge on any atom is -0.466 e. The van der Waals surface area contributed by atoms with Crippen LogP contribution in [0.5, 0.6) is 0 Å². The molecule has 4 nitrogen and oxygen atoms in total. The number of rotatable bonds is 5. The third-order valence-electron chi connectivity index (χ3n) is 3.24. The van der Waals surface area contributed by atoms with E-state index in [0.29, 0.717) is 25.0 Å². The molecule has 3 unspecified atom stereocenters. The van der Waals surface area contributed by atoms with Gasteiger partial charge in [0.2, 0.25) is 0 Å². The molecule has 0 bridgehead atoms. The van der Waals surface area contributed by atoms with Crippen molar-refractivity contribution < 1.29 is 14.6 Å². The second-order valence-electron chi connectivity index (χ2n) is 4.84. The summed E-state index contributed by atoms with van der Waals surface area (Å²) in [5.41, 5.74) is 0. The Kier molecular flexibility index (Phi) is 5.22. The number of carbonyl (C=O) groups excluding carboxylic acids is 1. The number of nitrogens with zero attached hydrogens (tertiary/aromatic N) is 1. The van der Waals surface area contributed by atoms with E-state index in [1.807, 2.05) is 0 Å². The Morgan fingerprint density at radius 1 is 1.44 bits per heavy atom. The molecule has 0 spiro atoms. The van der Waals surface area contributed by atoms with Crippen LogP contribution in [-0.2, 0) is 9.53 Å². The summed E-state index contributed by atoms with van der Waals surface area (Å²) in [4.78, 5) is 13.4. The molecule has 4 heteroatoms. The average molecular weight is 229 g/mol. The van der Waals surface area contributed by atoms with Crippen LogP contribution in [0.3, 0.4) is 0 Å². The predicted octanol–water partition coefficient (Wildman–Crippen LogP) is 0.888. The lowest BCUT2D eigenvalue weighted by Gasteiger charge is -2.19. The summed E-state index contributed by atoms with van der Waals surface area (Å²) in [7, 11) is 0. The van der Waals surface area contributed by atoms with Crippen molar-refractivity contribution in [2.24, 2.45) is 11.8 Å². The van der Waals surface area contributed by atoms with Crippen molar-refractivity contribution in [1.29, 1.82) is 0 Å². The maximum absolute atomic E-state index is 11.2. The smallest absolute Gasteiger partial charge is 0.308 e. The first-order chi connectivity index (χ1) is 7.52. The van der Waals surface area contributed by atoms with E-state index >= 15 is 0 Å². The third kappa shape index (κ3) is 4.10. The van der Waals surface area contributed by atoms with Gasteiger partial charge in [0.1, 0.15) is 0 Å². The highest BCUT2D eigenvalue weighted by Crippen LogP contribution is 2.22. The van der Waals surface area contributed by atoms with E-state index in [9.17, 15) is 9.90 Å². The molecule has 0 aromatic heterocycles. The van der Waals surface area contributed by atoms with Crippen LogP contribution in [0, 0.1) is 11.8 Å². The molecule has 0 saturated carbocycles. The molecule has 1 aliphatic heterocycles. The van der Waals surface area contributed by atoms with Crippen molar-refractivity contribution in [1.82, 2.24) is 4.90 Å². The molecule has 0 amide bonds. The van der Waals surface area contributed by atoms with Gasteiger partial charge < -0.3 is 14.7 Å². The number of β-amino-alcohol motifs (C(OH)–C–C–N with tert-alkyl or cyclic N) is 1. The zero-order chi connectivity index (χ0) is 12.1. The lowest BCUT2D eigenvalue weighted by molar-refractivity contribution is -0.145. The highest BCUT2D eigenvalue weighted by atomic mass is 16.5. The Labute approximate surface area is 97.6 Å². The van der Waals surface area contributed by atoms with Crippen LogP contribution in [0.15, 0.2) is 0 Å². The van der Waals surface area contributed by atoms with Gasteiger partial charge >= 0.3 is 5.97 Å². The van der Waals surface area contributed by atoms with Crippen molar-refractivity contribution in [3.63, 3.8) is 0 Å².